The summed E-state index contributed by atoms with van der Waals surface area (Å²) >= 11 is 11.1. The van der Waals surface area contributed by atoms with Crippen molar-refractivity contribution in [1.29, 1.82) is 0 Å². The minimum Gasteiger partial charge on any atom is -0.239 e. The number of aromatic nitrogens is 1. The predicted octanol–water partition coefficient (Wildman–Crippen LogP) is 5.24. The highest BCUT2D eigenvalue weighted by molar-refractivity contribution is 9.10. The third-order valence-electron chi connectivity index (χ3n) is 4.28. The van der Waals surface area contributed by atoms with Crippen molar-refractivity contribution in [3.05, 3.63) is 57.0 Å². The molecule has 0 amide bonds. The maximum atomic E-state index is 13.2. The zero-order valence-electron chi connectivity index (χ0n) is 13.0. The number of rotatable bonds is 3. The van der Waals surface area contributed by atoms with Crippen LogP contribution in [0.4, 0.5) is 0 Å². The number of halogens is 2. The molecule has 0 saturated carbocycles. The van der Waals surface area contributed by atoms with Crippen molar-refractivity contribution < 1.29 is 8.42 Å². The summed E-state index contributed by atoms with van der Waals surface area (Å²) in [6.45, 7) is 0.481. The molecular weight excluding hydrogens is 444 g/mol. The first kappa shape index (κ1) is 17.4. The first-order chi connectivity index (χ1) is 12.0. The summed E-state index contributed by atoms with van der Waals surface area (Å²) in [4.78, 5) is 4.80. The molecule has 130 valence electrons. The number of hydrogen-bond acceptors (Lipinski definition) is 4. The number of sulfonamides is 1. The topological polar surface area (TPSA) is 50.3 Å². The van der Waals surface area contributed by atoms with E-state index in [0.29, 0.717) is 6.54 Å². The second-order valence-electron chi connectivity index (χ2n) is 5.87. The minimum atomic E-state index is -3.67. The molecule has 1 atom stereocenters. The molecule has 8 heteroatoms. The zero-order chi connectivity index (χ0) is 17.6. The average Bonchev–Trinajstić information content (AvgIpc) is 3.21. The van der Waals surface area contributed by atoms with Crippen LogP contribution in [0, 0.1) is 0 Å². The molecule has 0 spiro atoms. The number of fused-ring (bicyclic) bond motifs is 1. The lowest BCUT2D eigenvalue weighted by molar-refractivity contribution is 0.396. The molecule has 0 aliphatic carbocycles. The Morgan fingerprint density at radius 2 is 2.04 bits per heavy atom. The average molecular weight is 458 g/mol. The lowest BCUT2D eigenvalue weighted by Crippen LogP contribution is -2.30. The van der Waals surface area contributed by atoms with E-state index in [-0.39, 0.29) is 16.0 Å². The van der Waals surface area contributed by atoms with Crippen LogP contribution in [-0.4, -0.2) is 24.3 Å². The summed E-state index contributed by atoms with van der Waals surface area (Å²) < 4.78 is 29.7. The van der Waals surface area contributed by atoms with Gasteiger partial charge in [-0.15, -0.1) is 11.3 Å². The van der Waals surface area contributed by atoms with Crippen molar-refractivity contribution in [3.8, 4) is 0 Å². The molecule has 1 saturated heterocycles. The number of para-hydroxylation sites is 1. The molecule has 3 aromatic rings. The molecule has 1 aromatic heterocycles. The Kier molecular flexibility index (Phi) is 4.62. The van der Waals surface area contributed by atoms with E-state index in [4.69, 9.17) is 11.6 Å². The highest BCUT2D eigenvalue weighted by Gasteiger charge is 2.38. The van der Waals surface area contributed by atoms with E-state index < -0.39 is 10.0 Å². The zero-order valence-corrected chi connectivity index (χ0v) is 17.0. The van der Waals surface area contributed by atoms with Crippen LogP contribution in [0.25, 0.3) is 10.2 Å². The normalized spacial score (nSPS) is 18.9. The van der Waals surface area contributed by atoms with Crippen LogP contribution in [-0.2, 0) is 10.0 Å². The molecule has 0 unspecified atom stereocenters. The molecule has 1 fully saturated rings. The van der Waals surface area contributed by atoms with Crippen LogP contribution in [0.5, 0.6) is 0 Å². The lowest BCUT2D eigenvalue weighted by Gasteiger charge is -2.23. The highest BCUT2D eigenvalue weighted by Crippen LogP contribution is 2.40. The van der Waals surface area contributed by atoms with Crippen LogP contribution in [0.15, 0.2) is 51.8 Å². The van der Waals surface area contributed by atoms with E-state index in [1.165, 1.54) is 0 Å². The first-order valence-electron chi connectivity index (χ1n) is 7.79. The standard InChI is InChI=1S/C17H14BrClN2O2S2/c18-11-7-8-16(12(19)10-11)25(22,23)21-9-3-5-14(21)17-20-13-4-1-2-6-15(13)24-17/h1-2,4,6-8,10,14H,3,5,9H2/t14-/m1/s1. The Labute approximate surface area is 163 Å². The van der Waals surface area contributed by atoms with Gasteiger partial charge in [0, 0.05) is 11.0 Å². The monoisotopic (exact) mass is 456 g/mol. The lowest BCUT2D eigenvalue weighted by atomic mass is 10.2. The van der Waals surface area contributed by atoms with Crippen LogP contribution < -0.4 is 0 Å². The van der Waals surface area contributed by atoms with E-state index in [2.05, 4.69) is 20.9 Å². The van der Waals surface area contributed by atoms with Gasteiger partial charge in [0.25, 0.3) is 0 Å². The van der Waals surface area contributed by atoms with E-state index >= 15 is 0 Å². The third-order valence-corrected chi connectivity index (χ3v) is 8.30. The Morgan fingerprint density at radius 1 is 1.24 bits per heavy atom. The summed E-state index contributed by atoms with van der Waals surface area (Å²) in [5, 5.41) is 1.07. The van der Waals surface area contributed by atoms with Crippen molar-refractivity contribution in [2.24, 2.45) is 0 Å². The minimum absolute atomic E-state index is 0.144. The molecule has 0 N–H and O–H groups in total. The fourth-order valence-corrected chi connectivity index (χ4v) is 6.97. The summed E-state index contributed by atoms with van der Waals surface area (Å²) in [5.74, 6) is 0. The predicted molar refractivity (Wildman–Crippen MR) is 105 cm³/mol. The second kappa shape index (κ2) is 6.63. The van der Waals surface area contributed by atoms with Crippen LogP contribution in [0.1, 0.15) is 23.9 Å². The summed E-state index contributed by atoms with van der Waals surface area (Å²) in [6, 6.07) is 12.5. The van der Waals surface area contributed by atoms with Crippen molar-refractivity contribution in [3.63, 3.8) is 0 Å². The largest absolute Gasteiger partial charge is 0.245 e. The maximum absolute atomic E-state index is 13.2. The van der Waals surface area contributed by atoms with Gasteiger partial charge in [-0.3, -0.25) is 0 Å². The van der Waals surface area contributed by atoms with Crippen molar-refractivity contribution in [2.75, 3.05) is 6.54 Å². The van der Waals surface area contributed by atoms with E-state index in [9.17, 15) is 8.42 Å². The van der Waals surface area contributed by atoms with Gasteiger partial charge in [-0.1, -0.05) is 39.7 Å². The van der Waals surface area contributed by atoms with Gasteiger partial charge in [0.1, 0.15) is 9.90 Å². The van der Waals surface area contributed by atoms with Crippen LogP contribution in [0.2, 0.25) is 5.02 Å². The first-order valence-corrected chi connectivity index (χ1v) is 11.2. The summed E-state index contributed by atoms with van der Waals surface area (Å²) in [5.41, 5.74) is 0.911. The van der Waals surface area contributed by atoms with Gasteiger partial charge < -0.3 is 0 Å². The van der Waals surface area contributed by atoms with E-state index in [0.717, 1.165) is 32.5 Å². The summed E-state index contributed by atoms with van der Waals surface area (Å²) in [7, 11) is -3.67. The summed E-state index contributed by atoms with van der Waals surface area (Å²) in [6.07, 6.45) is 1.58. The molecule has 1 aliphatic rings. The third kappa shape index (κ3) is 3.13. The Morgan fingerprint density at radius 3 is 2.80 bits per heavy atom. The van der Waals surface area contributed by atoms with Gasteiger partial charge in [0.15, 0.2) is 0 Å². The number of benzene rings is 2. The Balaban J connectivity index is 1.75. The molecule has 0 bridgehead atoms. The van der Waals surface area contributed by atoms with Gasteiger partial charge in [-0.2, -0.15) is 4.31 Å². The van der Waals surface area contributed by atoms with Crippen molar-refractivity contribution >= 4 is 59.1 Å². The molecule has 25 heavy (non-hydrogen) atoms. The molecule has 4 rings (SSSR count). The number of hydrogen-bond donors (Lipinski definition) is 0. The number of nitrogens with zero attached hydrogens (tertiary/aromatic N) is 2. The fraction of sp³-hybridized carbons (Fsp3) is 0.235. The SMILES string of the molecule is O=S(=O)(c1ccc(Br)cc1Cl)N1CCC[C@@H]1c1nc2ccccc2s1. The Hall–Kier alpha value is -0.990. The van der Waals surface area contributed by atoms with Gasteiger partial charge in [-0.05, 0) is 43.2 Å². The fourth-order valence-electron chi connectivity index (χ4n) is 3.12. The van der Waals surface area contributed by atoms with Gasteiger partial charge >= 0.3 is 0 Å². The van der Waals surface area contributed by atoms with Crippen LogP contribution in [0.3, 0.4) is 0 Å². The maximum Gasteiger partial charge on any atom is 0.245 e. The molecule has 2 aromatic carbocycles. The number of thiazole rings is 1. The smallest absolute Gasteiger partial charge is 0.239 e. The van der Waals surface area contributed by atoms with Crippen molar-refractivity contribution in [2.45, 2.75) is 23.8 Å². The van der Waals surface area contributed by atoms with Crippen molar-refractivity contribution in [1.82, 2.24) is 9.29 Å². The van der Waals surface area contributed by atoms with E-state index in [1.54, 1.807) is 33.8 Å². The second-order valence-corrected chi connectivity index (χ2v) is 10.1. The molecule has 4 nitrogen and oxygen atoms in total. The molecular formula is C17H14BrClN2O2S2. The molecule has 0 radical (unpaired) electrons. The molecule has 1 aliphatic heterocycles. The quantitative estimate of drug-likeness (QED) is 0.540. The van der Waals surface area contributed by atoms with Gasteiger partial charge in [0.2, 0.25) is 10.0 Å². The van der Waals surface area contributed by atoms with Gasteiger partial charge in [0.05, 0.1) is 21.3 Å². The Bertz CT molecular complexity index is 1020. The van der Waals surface area contributed by atoms with E-state index in [1.807, 2.05) is 24.3 Å². The van der Waals surface area contributed by atoms with Gasteiger partial charge in [-0.25, -0.2) is 13.4 Å². The van der Waals surface area contributed by atoms with Crippen LogP contribution >= 0.6 is 38.9 Å². The molecule has 2 heterocycles. The highest BCUT2D eigenvalue weighted by atomic mass is 79.9.